The van der Waals surface area contributed by atoms with Crippen molar-refractivity contribution in [1.82, 2.24) is 24.7 Å². The lowest BCUT2D eigenvalue weighted by atomic mass is 10.3. The van der Waals surface area contributed by atoms with Crippen molar-refractivity contribution in [3.8, 4) is 28.9 Å². The van der Waals surface area contributed by atoms with Gasteiger partial charge < -0.3 is 14.2 Å². The summed E-state index contributed by atoms with van der Waals surface area (Å²) < 4.78 is 6.86. The maximum atomic E-state index is 9.65. The molecule has 0 amide bonds. The van der Waals surface area contributed by atoms with Crippen LogP contribution in [-0.2, 0) is 7.05 Å². The van der Waals surface area contributed by atoms with E-state index in [1.165, 1.54) is 6.07 Å². The molecule has 0 aromatic carbocycles. The third-order valence-corrected chi connectivity index (χ3v) is 2.46. The summed E-state index contributed by atoms with van der Waals surface area (Å²) in [6.45, 7) is 0. The van der Waals surface area contributed by atoms with Gasteiger partial charge in [-0.25, -0.2) is 9.97 Å². The number of imidazole rings is 1. The van der Waals surface area contributed by atoms with Crippen LogP contribution in [0.2, 0.25) is 0 Å². The fourth-order valence-electron chi connectivity index (χ4n) is 1.56. The first-order chi connectivity index (χ1) is 8.75. The summed E-state index contributed by atoms with van der Waals surface area (Å²) in [5.41, 5.74) is 0.985. The Kier molecular flexibility index (Phi) is 2.30. The predicted octanol–water partition coefficient (Wildman–Crippen LogP) is 1.24. The van der Waals surface area contributed by atoms with Crippen molar-refractivity contribution in [2.75, 3.05) is 0 Å². The topological polar surface area (TPSA) is 89.9 Å². The maximum Gasteiger partial charge on any atom is 0.280 e. The molecule has 7 heteroatoms. The highest BCUT2D eigenvalue weighted by atomic mass is 16.5. The van der Waals surface area contributed by atoms with Crippen LogP contribution in [0.1, 0.15) is 0 Å². The molecule has 3 aromatic rings. The number of pyridine rings is 1. The Morgan fingerprint density at radius 2 is 2.28 bits per heavy atom. The highest BCUT2D eigenvalue weighted by molar-refractivity contribution is 5.59. The van der Waals surface area contributed by atoms with Crippen molar-refractivity contribution in [2.24, 2.45) is 7.05 Å². The van der Waals surface area contributed by atoms with Crippen molar-refractivity contribution in [3.05, 3.63) is 30.9 Å². The Hall–Kier alpha value is -2.70. The van der Waals surface area contributed by atoms with Crippen molar-refractivity contribution in [3.63, 3.8) is 0 Å². The number of aromatic hydroxyl groups is 1. The smallest absolute Gasteiger partial charge is 0.280 e. The standard InChI is InChI=1S/C11H9N5O2/c1-16-6-12-5-7(16)10-14-11(18-15-10)9-8(17)3-2-4-13-9/h2-6,17H,1H3. The van der Waals surface area contributed by atoms with Crippen molar-refractivity contribution >= 4 is 0 Å². The molecular formula is C11H9N5O2. The van der Waals surface area contributed by atoms with Gasteiger partial charge in [-0.15, -0.1) is 0 Å². The first-order valence-corrected chi connectivity index (χ1v) is 5.20. The number of aromatic nitrogens is 5. The van der Waals surface area contributed by atoms with Crippen LogP contribution in [0.25, 0.3) is 23.1 Å². The van der Waals surface area contributed by atoms with Gasteiger partial charge in [0.15, 0.2) is 5.69 Å². The van der Waals surface area contributed by atoms with Gasteiger partial charge in [0.25, 0.3) is 5.89 Å². The molecule has 3 rings (SSSR count). The number of hydrogen-bond donors (Lipinski definition) is 1. The quantitative estimate of drug-likeness (QED) is 0.728. The lowest BCUT2D eigenvalue weighted by Gasteiger charge is -1.95. The monoisotopic (exact) mass is 243 g/mol. The normalized spacial score (nSPS) is 10.7. The summed E-state index contributed by atoms with van der Waals surface area (Å²) in [6, 6.07) is 3.13. The lowest BCUT2D eigenvalue weighted by molar-refractivity contribution is 0.423. The van der Waals surface area contributed by atoms with Crippen LogP contribution < -0.4 is 0 Å². The maximum absolute atomic E-state index is 9.65. The lowest BCUT2D eigenvalue weighted by Crippen LogP contribution is -1.91. The molecule has 0 aliphatic rings. The average Bonchev–Trinajstić information content (AvgIpc) is 2.98. The molecule has 0 spiro atoms. The largest absolute Gasteiger partial charge is 0.505 e. The van der Waals surface area contributed by atoms with Crippen molar-refractivity contribution < 1.29 is 9.63 Å². The summed E-state index contributed by atoms with van der Waals surface area (Å²) >= 11 is 0. The molecule has 7 nitrogen and oxygen atoms in total. The zero-order valence-electron chi connectivity index (χ0n) is 9.48. The van der Waals surface area contributed by atoms with Crippen LogP contribution >= 0.6 is 0 Å². The van der Waals surface area contributed by atoms with E-state index in [0.717, 1.165) is 5.69 Å². The molecule has 0 atom stereocenters. The first kappa shape index (κ1) is 10.5. The minimum Gasteiger partial charge on any atom is -0.505 e. The fourth-order valence-corrected chi connectivity index (χ4v) is 1.56. The van der Waals surface area contributed by atoms with E-state index in [-0.39, 0.29) is 17.3 Å². The van der Waals surface area contributed by atoms with Gasteiger partial charge in [0.05, 0.1) is 12.5 Å². The molecule has 0 bridgehead atoms. The number of nitrogens with zero attached hydrogens (tertiary/aromatic N) is 5. The predicted molar refractivity (Wildman–Crippen MR) is 61.4 cm³/mol. The van der Waals surface area contributed by atoms with Crippen LogP contribution in [0.4, 0.5) is 0 Å². The van der Waals surface area contributed by atoms with Gasteiger partial charge in [-0.1, -0.05) is 5.16 Å². The molecule has 1 N–H and O–H groups in total. The van der Waals surface area contributed by atoms with Crippen molar-refractivity contribution in [1.29, 1.82) is 0 Å². The fraction of sp³-hybridized carbons (Fsp3) is 0.0909. The molecule has 0 radical (unpaired) electrons. The van der Waals surface area contributed by atoms with Crippen molar-refractivity contribution in [2.45, 2.75) is 0 Å². The average molecular weight is 243 g/mol. The Labute approximate surface area is 102 Å². The van der Waals surface area contributed by atoms with Crippen LogP contribution in [0.5, 0.6) is 5.75 Å². The van der Waals surface area contributed by atoms with Gasteiger partial charge >= 0.3 is 0 Å². The molecule has 90 valence electrons. The second-order valence-corrected chi connectivity index (χ2v) is 3.68. The van der Waals surface area contributed by atoms with Gasteiger partial charge in [0.2, 0.25) is 5.82 Å². The van der Waals surface area contributed by atoms with E-state index in [2.05, 4.69) is 20.1 Å². The minimum absolute atomic E-state index is 0.00212. The van der Waals surface area contributed by atoms with Crippen LogP contribution in [-0.4, -0.2) is 29.8 Å². The Bertz CT molecular complexity index is 688. The Morgan fingerprint density at radius 1 is 1.39 bits per heavy atom. The SMILES string of the molecule is Cn1cncc1-c1noc(-c2ncccc2O)n1. The minimum atomic E-state index is -0.00212. The summed E-state index contributed by atoms with van der Waals surface area (Å²) in [6.07, 6.45) is 4.82. The Morgan fingerprint density at radius 3 is 3.00 bits per heavy atom. The molecule has 18 heavy (non-hydrogen) atoms. The molecule has 0 aliphatic carbocycles. The summed E-state index contributed by atoms with van der Waals surface area (Å²) in [5, 5.41) is 13.5. The molecule has 0 saturated heterocycles. The van der Waals surface area contributed by atoms with Gasteiger partial charge in [0, 0.05) is 13.2 Å². The molecule has 0 aliphatic heterocycles. The van der Waals surface area contributed by atoms with E-state index < -0.39 is 0 Å². The zero-order chi connectivity index (χ0) is 12.5. The Balaban J connectivity index is 2.05. The van der Waals surface area contributed by atoms with Gasteiger partial charge in [-0.2, -0.15) is 4.98 Å². The molecule has 3 heterocycles. The van der Waals surface area contributed by atoms with E-state index in [9.17, 15) is 5.11 Å². The van der Waals surface area contributed by atoms with E-state index >= 15 is 0 Å². The number of rotatable bonds is 2. The molecule has 0 saturated carbocycles. The highest BCUT2D eigenvalue weighted by Crippen LogP contribution is 2.26. The van der Waals surface area contributed by atoms with Gasteiger partial charge in [0.1, 0.15) is 11.4 Å². The van der Waals surface area contributed by atoms with E-state index in [1.54, 1.807) is 29.4 Å². The molecule has 0 fully saturated rings. The van der Waals surface area contributed by atoms with E-state index in [1.807, 2.05) is 7.05 Å². The van der Waals surface area contributed by atoms with Crippen LogP contribution in [0, 0.1) is 0 Å². The zero-order valence-corrected chi connectivity index (χ0v) is 9.48. The summed E-state index contributed by atoms with van der Waals surface area (Å²) in [4.78, 5) is 12.2. The van der Waals surface area contributed by atoms with Gasteiger partial charge in [-0.3, -0.25) is 0 Å². The molecular weight excluding hydrogens is 234 g/mol. The second kappa shape index (κ2) is 3.95. The summed E-state index contributed by atoms with van der Waals surface area (Å²) in [5.74, 6) is 0.567. The third-order valence-electron chi connectivity index (χ3n) is 2.46. The highest BCUT2D eigenvalue weighted by Gasteiger charge is 2.16. The third kappa shape index (κ3) is 1.61. The second-order valence-electron chi connectivity index (χ2n) is 3.68. The van der Waals surface area contributed by atoms with Crippen LogP contribution in [0.15, 0.2) is 35.4 Å². The van der Waals surface area contributed by atoms with E-state index in [4.69, 9.17) is 4.52 Å². The van der Waals surface area contributed by atoms with E-state index in [0.29, 0.717) is 5.82 Å². The first-order valence-electron chi connectivity index (χ1n) is 5.20. The van der Waals surface area contributed by atoms with Gasteiger partial charge in [-0.05, 0) is 12.1 Å². The van der Waals surface area contributed by atoms with Crippen LogP contribution in [0.3, 0.4) is 0 Å². The summed E-state index contributed by atoms with van der Waals surface area (Å²) in [7, 11) is 1.83. The molecule has 0 unspecified atom stereocenters. The molecule has 3 aromatic heterocycles. The number of hydrogen-bond acceptors (Lipinski definition) is 6. The number of aryl methyl sites for hydroxylation is 1.